The van der Waals surface area contributed by atoms with Gasteiger partial charge in [0.05, 0.1) is 27.8 Å². The minimum atomic E-state index is -4.76. The van der Waals surface area contributed by atoms with Crippen LogP contribution in [0.25, 0.3) is 16.6 Å². The van der Waals surface area contributed by atoms with Gasteiger partial charge in [0.2, 0.25) is 12.3 Å². The van der Waals surface area contributed by atoms with Crippen molar-refractivity contribution in [2.24, 2.45) is 5.41 Å². The highest BCUT2D eigenvalue weighted by molar-refractivity contribution is 7.93. The first-order chi connectivity index (χ1) is 38.9. The van der Waals surface area contributed by atoms with Crippen LogP contribution in [0.1, 0.15) is 72.3 Å². The van der Waals surface area contributed by atoms with Crippen molar-refractivity contribution in [1.82, 2.24) is 24.3 Å². The van der Waals surface area contributed by atoms with Gasteiger partial charge in [0.15, 0.2) is 0 Å². The molecule has 0 atom stereocenters. The summed E-state index contributed by atoms with van der Waals surface area (Å²) in [5, 5.41) is 17.4. The molecule has 4 aliphatic rings. The number of amides is 2. The molecule has 0 unspecified atom stereocenters. The number of fused-ring (bicyclic) bond motifs is 2. The number of hydrogen-bond acceptors (Lipinski definition) is 15. The standard InChI is InChI=1S/C60H81ClN10O9SSi/c1-59(2,3)80-58(73)67-32-26-64(27-33-67)23-9-22-62-51-17-16-49(39-53(51)71(74)75)81(76,77)70(42-72)52-18-15-48(66-30-28-65(29-31-66)41-46-19-21-60(4,5)40-50(46)44-11-13-47(61)14-12-44)38-54(52)69-24-10-34-79-57-55(69)37-45-20-25-68(56(45)63-57)43-78-35-36-82(6,7)8/h11-18,20,25,37-39,42,62H,9-10,19,21-24,26-36,40-41,43H2,1-8H3. The van der Waals surface area contributed by atoms with E-state index in [1.807, 2.05) is 72.8 Å². The summed E-state index contributed by atoms with van der Waals surface area (Å²) >= 11 is 6.32. The van der Waals surface area contributed by atoms with Gasteiger partial charge in [-0.2, -0.15) is 4.98 Å². The number of hydrogen-bond donors (Lipinski definition) is 1. The lowest BCUT2D eigenvalue weighted by molar-refractivity contribution is -0.384. The molecule has 22 heteroatoms. The molecule has 9 rings (SSSR count). The minimum absolute atomic E-state index is 0.0670. The molecular weight excluding hydrogens is 1100 g/mol. The molecule has 3 aromatic carbocycles. The summed E-state index contributed by atoms with van der Waals surface area (Å²) < 4.78 is 50.6. The zero-order valence-electron chi connectivity index (χ0n) is 48.9. The zero-order valence-corrected chi connectivity index (χ0v) is 51.5. The molecule has 2 amide bonds. The molecule has 5 heterocycles. The molecule has 19 nitrogen and oxygen atoms in total. The van der Waals surface area contributed by atoms with Gasteiger partial charge in [-0.25, -0.2) is 17.5 Å². The van der Waals surface area contributed by atoms with E-state index in [1.54, 1.807) is 11.0 Å². The molecule has 2 fully saturated rings. The van der Waals surface area contributed by atoms with Crippen LogP contribution in [0, 0.1) is 15.5 Å². The number of carbonyl (C=O) groups excluding carboxylic acids is 2. The van der Waals surface area contributed by atoms with Crippen molar-refractivity contribution in [3.8, 4) is 5.88 Å². The van der Waals surface area contributed by atoms with Crippen molar-refractivity contribution in [2.75, 3.05) is 111 Å². The smallest absolute Gasteiger partial charge is 0.410 e. The van der Waals surface area contributed by atoms with Crippen LogP contribution in [0.15, 0.2) is 89.5 Å². The number of nitro groups is 1. The van der Waals surface area contributed by atoms with Crippen molar-refractivity contribution in [3.05, 3.63) is 105 Å². The third-order valence-corrected chi connectivity index (χ3v) is 19.4. The van der Waals surface area contributed by atoms with Crippen LogP contribution in [0.2, 0.25) is 30.7 Å². The number of piperazine rings is 2. The van der Waals surface area contributed by atoms with Crippen molar-refractivity contribution < 1.29 is 37.1 Å². The van der Waals surface area contributed by atoms with Crippen LogP contribution in [0.4, 0.5) is 38.9 Å². The number of nitrogens with one attached hydrogen (secondary N) is 1. The number of halogens is 1. The molecule has 3 aliphatic heterocycles. The van der Waals surface area contributed by atoms with Crippen molar-refractivity contribution in [1.29, 1.82) is 0 Å². The number of sulfonamides is 1. The minimum Gasteiger partial charge on any atom is -0.476 e. The van der Waals surface area contributed by atoms with E-state index >= 15 is 0 Å². The SMILES string of the molecule is CC1(C)CCC(CN2CCN(c3ccc(N(C=O)S(=O)(=O)c4ccc(NCCCN5CCN(C(=O)OC(C)(C)C)CC5)c([N+](=O)[O-])c4)c(N4CCCOc5nc6c(ccn6COCC[Si](C)(C)C)cc54)c3)CC2)=C(c2ccc(Cl)cc2)C1. The van der Waals surface area contributed by atoms with Crippen molar-refractivity contribution in [2.45, 2.75) is 110 Å². The topological polar surface area (TPSA) is 188 Å². The second-order valence-electron chi connectivity index (χ2n) is 25.0. The predicted molar refractivity (Wildman–Crippen MR) is 328 cm³/mol. The lowest BCUT2D eigenvalue weighted by atomic mass is 9.72. The van der Waals surface area contributed by atoms with E-state index in [4.69, 9.17) is 30.8 Å². The highest BCUT2D eigenvalue weighted by Crippen LogP contribution is 2.46. The third-order valence-electron chi connectivity index (χ3n) is 15.8. The van der Waals surface area contributed by atoms with E-state index in [0.717, 1.165) is 67.1 Å². The van der Waals surface area contributed by atoms with Gasteiger partial charge in [0.25, 0.3) is 15.7 Å². The highest BCUT2D eigenvalue weighted by atomic mass is 35.5. The quantitative estimate of drug-likeness (QED) is 0.0255. The number of nitro benzene ring substituents is 1. The second kappa shape index (κ2) is 25.3. The van der Waals surface area contributed by atoms with Gasteiger partial charge < -0.3 is 38.8 Å². The lowest BCUT2D eigenvalue weighted by Crippen LogP contribution is -2.50. The van der Waals surface area contributed by atoms with E-state index in [-0.39, 0.29) is 29.3 Å². The first kappa shape index (κ1) is 60.4. The van der Waals surface area contributed by atoms with Crippen molar-refractivity contribution >= 4 is 92.9 Å². The summed E-state index contributed by atoms with van der Waals surface area (Å²) in [5.74, 6) is 0.357. The number of aromatic nitrogens is 2. The Morgan fingerprint density at radius 3 is 2.37 bits per heavy atom. The van der Waals surface area contributed by atoms with Crippen molar-refractivity contribution in [3.63, 3.8) is 0 Å². The molecule has 0 radical (unpaired) electrons. The Kier molecular flexibility index (Phi) is 18.6. The van der Waals surface area contributed by atoms with Crippen LogP contribution in [0.5, 0.6) is 5.88 Å². The summed E-state index contributed by atoms with van der Waals surface area (Å²) in [7, 11) is -6.07. The molecule has 0 spiro atoms. The number of carbonyl (C=O) groups is 2. The summed E-state index contributed by atoms with van der Waals surface area (Å²) in [6.45, 7) is 26.1. The third kappa shape index (κ3) is 14.7. The maximum atomic E-state index is 15.0. The average Bonchev–Trinajstić information content (AvgIpc) is 3.88. The van der Waals surface area contributed by atoms with E-state index < -0.39 is 39.2 Å². The fourth-order valence-electron chi connectivity index (χ4n) is 11.1. The van der Waals surface area contributed by atoms with Crippen LogP contribution in [-0.4, -0.2) is 156 Å². The molecule has 5 aromatic rings. The fraction of sp³-hybridized carbons (Fsp3) is 0.517. The van der Waals surface area contributed by atoms with Gasteiger partial charge in [-0.05, 0) is 137 Å². The van der Waals surface area contributed by atoms with Gasteiger partial charge in [-0.1, -0.05) is 62.8 Å². The Morgan fingerprint density at radius 1 is 0.939 bits per heavy atom. The molecule has 2 saturated heterocycles. The number of allylic oxidation sites excluding steroid dienone is 1. The summed E-state index contributed by atoms with van der Waals surface area (Å²) in [4.78, 5) is 53.5. The molecule has 2 aromatic heterocycles. The molecule has 82 heavy (non-hydrogen) atoms. The van der Waals surface area contributed by atoms with Gasteiger partial charge in [-0.3, -0.25) is 24.7 Å². The number of nitrogens with zero attached hydrogens (tertiary/aromatic N) is 9. The maximum absolute atomic E-state index is 15.0. The summed E-state index contributed by atoms with van der Waals surface area (Å²) in [6, 6.07) is 22.3. The van der Waals surface area contributed by atoms with Gasteiger partial charge in [0, 0.05) is 115 Å². The number of ether oxygens (including phenoxy) is 3. The van der Waals surface area contributed by atoms with E-state index in [1.165, 1.54) is 28.8 Å². The lowest BCUT2D eigenvalue weighted by Gasteiger charge is -2.39. The number of benzene rings is 3. The van der Waals surface area contributed by atoms with E-state index in [9.17, 15) is 28.1 Å². The molecule has 1 N–H and O–H groups in total. The molecule has 1 aliphatic carbocycles. The zero-order chi connectivity index (χ0) is 58.6. The average molecular weight is 1180 g/mol. The molecular formula is C60H81ClN10O9SSi. The van der Waals surface area contributed by atoms with Crippen LogP contribution < -0.4 is 24.2 Å². The Labute approximate surface area is 489 Å². The monoisotopic (exact) mass is 1180 g/mol. The second-order valence-corrected chi connectivity index (χ2v) is 32.9. The number of rotatable bonds is 20. The van der Waals surface area contributed by atoms with Gasteiger partial charge >= 0.3 is 6.09 Å². The first-order valence-corrected chi connectivity index (χ1v) is 34.3. The summed E-state index contributed by atoms with van der Waals surface area (Å²) in [6.07, 6.45) is 6.18. The van der Waals surface area contributed by atoms with E-state index in [0.29, 0.717) is 119 Å². The Balaban J connectivity index is 0.978. The van der Waals surface area contributed by atoms with E-state index in [2.05, 4.69) is 65.6 Å². The molecule has 0 bridgehead atoms. The van der Waals surface area contributed by atoms with Crippen LogP contribution >= 0.6 is 11.6 Å². The summed E-state index contributed by atoms with van der Waals surface area (Å²) in [5.41, 5.74) is 6.03. The Hall–Kier alpha value is -6.23. The van der Waals surface area contributed by atoms with Crippen LogP contribution in [0.3, 0.4) is 0 Å². The number of pyridine rings is 1. The van der Waals surface area contributed by atoms with Gasteiger partial charge in [0.1, 0.15) is 29.4 Å². The molecule has 0 saturated carbocycles. The first-order valence-electron chi connectivity index (χ1n) is 28.7. The fourth-order valence-corrected chi connectivity index (χ4v) is 13.3. The van der Waals surface area contributed by atoms with Crippen LogP contribution in [-0.2, 0) is 31.0 Å². The normalized spacial score (nSPS) is 17.5. The molecule has 442 valence electrons. The maximum Gasteiger partial charge on any atom is 0.410 e. The largest absolute Gasteiger partial charge is 0.476 e. The Bertz CT molecular complexity index is 3260. The Morgan fingerprint density at radius 2 is 1.67 bits per heavy atom. The highest BCUT2D eigenvalue weighted by Gasteiger charge is 2.35. The number of anilines is 5. The van der Waals surface area contributed by atoms with Gasteiger partial charge in [-0.15, -0.1) is 0 Å². The predicted octanol–water partition coefficient (Wildman–Crippen LogP) is 11.3.